The number of thiophene rings is 1. The molecule has 0 atom stereocenters. The lowest BCUT2D eigenvalue weighted by Crippen LogP contribution is -2.14. The van der Waals surface area contributed by atoms with Crippen LogP contribution in [0.15, 0.2) is 75.0 Å². The number of aromatic nitrogens is 4. The van der Waals surface area contributed by atoms with Crippen LogP contribution >= 0.6 is 11.3 Å². The molecule has 0 fully saturated rings. The van der Waals surface area contributed by atoms with Gasteiger partial charge in [-0.1, -0.05) is 18.2 Å². The van der Waals surface area contributed by atoms with Crippen LogP contribution < -0.4 is 10.5 Å². The molecule has 0 bridgehead atoms. The third kappa shape index (κ3) is 3.64. The quantitative estimate of drug-likeness (QED) is 0.403. The molecule has 3 N–H and O–H groups in total. The number of sulfonamides is 1. The van der Waals surface area contributed by atoms with E-state index in [-0.39, 0.29) is 16.7 Å². The molecule has 0 spiro atoms. The molecule has 4 aromatic heterocycles. The Bertz CT molecular complexity index is 1460. The van der Waals surface area contributed by atoms with Crippen molar-refractivity contribution in [2.75, 3.05) is 10.5 Å². The second-order valence-corrected chi connectivity index (χ2v) is 9.45. The van der Waals surface area contributed by atoms with Gasteiger partial charge in [-0.05, 0) is 35.7 Å². The van der Waals surface area contributed by atoms with Crippen molar-refractivity contribution in [3.05, 3.63) is 71.9 Å². The largest absolute Gasteiger partial charge is 0.463 e. The third-order valence-corrected chi connectivity index (χ3v) is 7.51. The van der Waals surface area contributed by atoms with Gasteiger partial charge in [-0.3, -0.25) is 4.72 Å². The molecule has 0 unspecified atom stereocenters. The van der Waals surface area contributed by atoms with Crippen LogP contribution in [0.5, 0.6) is 0 Å². The summed E-state index contributed by atoms with van der Waals surface area (Å²) in [5, 5.41) is 6.79. The van der Waals surface area contributed by atoms with Crippen LogP contribution in [0.25, 0.3) is 22.5 Å². The predicted molar refractivity (Wildman–Crippen MR) is 118 cm³/mol. The van der Waals surface area contributed by atoms with Crippen LogP contribution in [0, 0.1) is 0 Å². The highest BCUT2D eigenvalue weighted by Crippen LogP contribution is 2.29. The number of rotatable bonds is 6. The molecule has 0 aliphatic carbocycles. The van der Waals surface area contributed by atoms with E-state index in [1.807, 2.05) is 6.07 Å². The average molecular weight is 453 g/mol. The first-order chi connectivity index (χ1) is 15.0. The summed E-state index contributed by atoms with van der Waals surface area (Å²) in [4.78, 5) is 8.58. The first kappa shape index (κ1) is 19.3. The maximum Gasteiger partial charge on any atom is 0.271 e. The first-order valence-corrected chi connectivity index (χ1v) is 11.5. The maximum absolute atomic E-state index is 13.0. The van der Waals surface area contributed by atoms with Crippen molar-refractivity contribution in [3.8, 4) is 11.5 Å². The van der Waals surface area contributed by atoms with E-state index >= 15 is 0 Å². The van der Waals surface area contributed by atoms with Gasteiger partial charge in [0, 0.05) is 11.3 Å². The summed E-state index contributed by atoms with van der Waals surface area (Å²) in [6, 6.07) is 14.0. The van der Waals surface area contributed by atoms with E-state index in [9.17, 15) is 8.42 Å². The topological polar surface area (TPSA) is 129 Å². The molecular weight excluding hydrogens is 436 g/mol. The lowest BCUT2D eigenvalue weighted by atomic mass is 10.2. The number of hydrogen-bond acceptors (Lipinski definition) is 8. The van der Waals surface area contributed by atoms with Gasteiger partial charge in [-0.15, -0.1) is 11.3 Å². The van der Waals surface area contributed by atoms with E-state index in [1.54, 1.807) is 65.0 Å². The molecule has 0 amide bonds. The Balaban J connectivity index is 1.52. The molecule has 156 valence electrons. The van der Waals surface area contributed by atoms with E-state index in [1.165, 1.54) is 0 Å². The van der Waals surface area contributed by atoms with E-state index in [4.69, 9.17) is 10.2 Å². The number of nitrogens with zero attached hydrogens (tertiary/aromatic N) is 4. The number of anilines is 2. The van der Waals surface area contributed by atoms with E-state index in [2.05, 4.69) is 19.8 Å². The Morgan fingerprint density at radius 3 is 2.71 bits per heavy atom. The maximum atomic E-state index is 13.0. The van der Waals surface area contributed by atoms with Crippen molar-refractivity contribution in [2.45, 2.75) is 10.8 Å². The Labute approximate surface area is 181 Å². The zero-order valence-corrected chi connectivity index (χ0v) is 17.6. The highest BCUT2D eigenvalue weighted by molar-refractivity contribution is 7.94. The van der Waals surface area contributed by atoms with Crippen LogP contribution in [0.4, 0.5) is 11.6 Å². The van der Waals surface area contributed by atoms with Crippen LogP contribution in [-0.4, -0.2) is 28.2 Å². The second-order valence-electron chi connectivity index (χ2n) is 6.65. The summed E-state index contributed by atoms with van der Waals surface area (Å²) < 4.78 is 35.8. The van der Waals surface area contributed by atoms with Crippen LogP contribution in [0.3, 0.4) is 0 Å². The van der Waals surface area contributed by atoms with Crippen molar-refractivity contribution in [2.24, 2.45) is 0 Å². The van der Waals surface area contributed by atoms with Gasteiger partial charge >= 0.3 is 0 Å². The number of furan rings is 1. The lowest BCUT2D eigenvalue weighted by Gasteiger charge is -2.09. The molecule has 0 saturated heterocycles. The zero-order chi connectivity index (χ0) is 21.4. The minimum atomic E-state index is -3.75. The normalized spacial score (nSPS) is 11.7. The summed E-state index contributed by atoms with van der Waals surface area (Å²) in [5.41, 5.74) is 8.02. The van der Waals surface area contributed by atoms with Crippen molar-refractivity contribution in [1.29, 1.82) is 0 Å². The Kier molecular flexibility index (Phi) is 4.68. The number of hydrogen-bond donors (Lipinski definition) is 2. The summed E-state index contributed by atoms with van der Waals surface area (Å²) >= 11 is 1.14. The Morgan fingerprint density at radius 1 is 1.10 bits per heavy atom. The monoisotopic (exact) mass is 452 g/mol. The number of fused-ring (bicyclic) bond motifs is 1. The van der Waals surface area contributed by atoms with E-state index in [0.717, 1.165) is 11.3 Å². The predicted octanol–water partition coefficient (Wildman–Crippen LogP) is 3.58. The summed E-state index contributed by atoms with van der Waals surface area (Å²) in [6.07, 6.45) is 3.17. The van der Waals surface area contributed by atoms with Gasteiger partial charge in [0.25, 0.3) is 10.0 Å². The summed E-state index contributed by atoms with van der Waals surface area (Å²) in [6.45, 7) is 0.200. The fraction of sp³-hybridized carbons (Fsp3) is 0.0500. The van der Waals surface area contributed by atoms with Gasteiger partial charge < -0.3 is 10.2 Å². The molecule has 5 aromatic rings. The van der Waals surface area contributed by atoms with Gasteiger partial charge in [0.15, 0.2) is 11.4 Å². The Hall–Kier alpha value is -3.70. The molecule has 31 heavy (non-hydrogen) atoms. The van der Waals surface area contributed by atoms with Crippen molar-refractivity contribution in [1.82, 2.24) is 19.7 Å². The minimum Gasteiger partial charge on any atom is -0.463 e. The van der Waals surface area contributed by atoms with Gasteiger partial charge in [0.1, 0.15) is 9.90 Å². The van der Waals surface area contributed by atoms with Crippen LogP contribution in [0.2, 0.25) is 0 Å². The zero-order valence-electron chi connectivity index (χ0n) is 16.0. The first-order valence-electron chi connectivity index (χ1n) is 9.18. The number of nitrogen functional groups attached to an aromatic ring is 1. The molecule has 0 saturated carbocycles. The highest BCUT2D eigenvalue weighted by atomic mass is 32.2. The minimum absolute atomic E-state index is 0.0737. The molecule has 0 radical (unpaired) electrons. The van der Waals surface area contributed by atoms with E-state index in [0.29, 0.717) is 33.7 Å². The lowest BCUT2D eigenvalue weighted by molar-refractivity contribution is 0.580. The fourth-order valence-corrected chi connectivity index (χ4v) is 5.69. The molecule has 1 aromatic carbocycles. The number of nitrogens with one attached hydrogen (secondary N) is 1. The number of para-hydroxylation sites is 1. The molecule has 5 rings (SSSR count). The summed E-state index contributed by atoms with van der Waals surface area (Å²) in [7, 11) is -3.75. The SMILES string of the molecule is Nc1nc(-c2ccco2)c2cnn(Cc3ccsc3S(=O)(=O)Nc3ccccc3)c2n1. The van der Waals surface area contributed by atoms with Gasteiger partial charge in [0.2, 0.25) is 5.95 Å². The molecule has 11 heteroatoms. The van der Waals surface area contributed by atoms with Crippen molar-refractivity contribution >= 4 is 44.0 Å². The molecule has 9 nitrogen and oxygen atoms in total. The van der Waals surface area contributed by atoms with Crippen molar-refractivity contribution < 1.29 is 12.8 Å². The van der Waals surface area contributed by atoms with Gasteiger partial charge in [-0.2, -0.15) is 10.1 Å². The van der Waals surface area contributed by atoms with E-state index < -0.39 is 10.0 Å². The summed E-state index contributed by atoms with van der Waals surface area (Å²) in [5.74, 6) is 0.620. The molecule has 4 heterocycles. The fourth-order valence-electron chi connectivity index (χ4n) is 3.23. The molecule has 0 aliphatic rings. The standard InChI is InChI=1S/C20H16N6O3S2/c21-20-23-17(16-7-4-9-29-16)15-11-22-26(18(15)24-20)12-13-8-10-30-19(13)31(27,28)25-14-5-2-1-3-6-14/h1-11,25H,12H2,(H2,21,23,24). The van der Waals surface area contributed by atoms with Crippen LogP contribution in [-0.2, 0) is 16.6 Å². The number of nitrogens with two attached hydrogens (primary N) is 1. The highest BCUT2D eigenvalue weighted by Gasteiger charge is 2.22. The molecular formula is C20H16N6O3S2. The van der Waals surface area contributed by atoms with Crippen LogP contribution in [0.1, 0.15) is 5.56 Å². The Morgan fingerprint density at radius 2 is 1.94 bits per heavy atom. The van der Waals surface area contributed by atoms with Gasteiger partial charge in [0.05, 0.1) is 24.4 Å². The third-order valence-electron chi connectivity index (χ3n) is 4.56. The van der Waals surface area contributed by atoms with Crippen molar-refractivity contribution in [3.63, 3.8) is 0 Å². The second kappa shape index (κ2) is 7.52. The average Bonchev–Trinajstić information content (AvgIpc) is 3.50. The molecule has 0 aliphatic heterocycles. The smallest absolute Gasteiger partial charge is 0.271 e. The van der Waals surface area contributed by atoms with Gasteiger partial charge in [-0.25, -0.2) is 18.1 Å². The number of benzene rings is 1.